The summed E-state index contributed by atoms with van der Waals surface area (Å²) in [6.45, 7) is 5.29. The Labute approximate surface area is 138 Å². The number of anilines is 1. The topological polar surface area (TPSA) is 61.4 Å². The highest BCUT2D eigenvalue weighted by atomic mass is 79.9. The van der Waals surface area contributed by atoms with E-state index in [9.17, 15) is 9.59 Å². The average Bonchev–Trinajstić information content (AvgIpc) is 2.41. The van der Waals surface area contributed by atoms with Gasteiger partial charge in [-0.2, -0.15) is 0 Å². The van der Waals surface area contributed by atoms with Crippen molar-refractivity contribution in [2.24, 2.45) is 0 Å². The zero-order valence-electron chi connectivity index (χ0n) is 12.1. The average molecular weight is 377 g/mol. The molecule has 0 saturated heterocycles. The maximum atomic E-state index is 12.0. The first-order chi connectivity index (χ1) is 9.96. The second-order valence-electron chi connectivity index (χ2n) is 4.43. The van der Waals surface area contributed by atoms with Gasteiger partial charge >= 0.3 is 0 Å². The van der Waals surface area contributed by atoms with Crippen LogP contribution >= 0.6 is 27.5 Å². The lowest BCUT2D eigenvalue weighted by molar-refractivity contribution is -0.123. The number of rotatable bonds is 7. The highest BCUT2D eigenvalue weighted by Crippen LogP contribution is 2.25. The van der Waals surface area contributed by atoms with Gasteiger partial charge in [0.1, 0.15) is 0 Å². The second kappa shape index (κ2) is 9.02. The summed E-state index contributed by atoms with van der Waals surface area (Å²) < 4.78 is 0.844. The molecule has 0 fully saturated rings. The maximum Gasteiger partial charge on any atom is 0.238 e. The first-order valence-corrected chi connectivity index (χ1v) is 7.87. The summed E-state index contributed by atoms with van der Waals surface area (Å²) in [5.41, 5.74) is 0.555. The van der Waals surface area contributed by atoms with E-state index in [1.54, 1.807) is 23.1 Å². The quantitative estimate of drug-likeness (QED) is 0.768. The lowest BCUT2D eigenvalue weighted by Crippen LogP contribution is -2.41. The zero-order chi connectivity index (χ0) is 15.8. The number of benzene rings is 1. The normalized spacial score (nSPS) is 10.5. The highest BCUT2D eigenvalue weighted by molar-refractivity contribution is 9.10. The number of halogens is 2. The Morgan fingerprint density at radius 3 is 2.48 bits per heavy atom. The van der Waals surface area contributed by atoms with Crippen LogP contribution in [-0.2, 0) is 9.59 Å². The fraction of sp³-hybridized carbons (Fsp3) is 0.429. The molecule has 1 aromatic rings. The van der Waals surface area contributed by atoms with Crippen LogP contribution < -0.4 is 10.6 Å². The van der Waals surface area contributed by atoms with Gasteiger partial charge in [0.15, 0.2) is 0 Å². The molecule has 0 saturated carbocycles. The Bertz CT molecular complexity index is 511. The van der Waals surface area contributed by atoms with Crippen molar-refractivity contribution in [3.8, 4) is 0 Å². The predicted octanol–water partition coefficient (Wildman–Crippen LogP) is 2.50. The van der Waals surface area contributed by atoms with Gasteiger partial charge in [0.05, 0.1) is 23.8 Å². The van der Waals surface area contributed by atoms with E-state index in [0.29, 0.717) is 23.8 Å². The highest BCUT2D eigenvalue weighted by Gasteiger charge is 2.13. The van der Waals surface area contributed by atoms with Crippen LogP contribution in [-0.4, -0.2) is 42.9 Å². The fourth-order valence-corrected chi connectivity index (χ4v) is 2.44. The lowest BCUT2D eigenvalue weighted by Gasteiger charge is -2.19. The molecule has 7 heteroatoms. The summed E-state index contributed by atoms with van der Waals surface area (Å²) >= 11 is 9.35. The van der Waals surface area contributed by atoms with E-state index in [-0.39, 0.29) is 24.9 Å². The van der Waals surface area contributed by atoms with E-state index >= 15 is 0 Å². The predicted molar refractivity (Wildman–Crippen MR) is 88.6 cm³/mol. The number of hydrogen-bond donors (Lipinski definition) is 2. The van der Waals surface area contributed by atoms with Crippen molar-refractivity contribution in [3.05, 3.63) is 27.7 Å². The number of hydrogen-bond acceptors (Lipinski definition) is 3. The van der Waals surface area contributed by atoms with Gasteiger partial charge in [0.2, 0.25) is 11.8 Å². The maximum absolute atomic E-state index is 12.0. The van der Waals surface area contributed by atoms with Crippen molar-refractivity contribution in [1.29, 1.82) is 0 Å². The van der Waals surface area contributed by atoms with Crippen LogP contribution in [0.3, 0.4) is 0 Å². The van der Waals surface area contributed by atoms with E-state index in [2.05, 4.69) is 26.6 Å². The molecule has 116 valence electrons. The van der Waals surface area contributed by atoms with Crippen molar-refractivity contribution in [1.82, 2.24) is 10.2 Å². The van der Waals surface area contributed by atoms with Gasteiger partial charge in [-0.05, 0) is 31.7 Å². The third kappa shape index (κ3) is 6.46. The SMILES string of the molecule is CCNC(=O)CN(CC)CC(=O)Nc1ccc(Br)cc1Cl. The van der Waals surface area contributed by atoms with Crippen LogP contribution in [0.5, 0.6) is 0 Å². The smallest absolute Gasteiger partial charge is 0.238 e. The number of nitrogens with one attached hydrogen (secondary N) is 2. The van der Waals surface area contributed by atoms with Gasteiger partial charge in [0, 0.05) is 11.0 Å². The molecule has 0 bridgehead atoms. The van der Waals surface area contributed by atoms with E-state index < -0.39 is 0 Å². The molecular formula is C14H19BrClN3O2. The Morgan fingerprint density at radius 2 is 1.90 bits per heavy atom. The Morgan fingerprint density at radius 1 is 1.24 bits per heavy atom. The number of carbonyl (C=O) groups excluding carboxylic acids is 2. The molecule has 0 aliphatic carbocycles. The van der Waals surface area contributed by atoms with E-state index in [0.717, 1.165) is 4.47 Å². The van der Waals surface area contributed by atoms with Gasteiger partial charge in [-0.25, -0.2) is 0 Å². The molecule has 1 aromatic carbocycles. The van der Waals surface area contributed by atoms with E-state index in [1.807, 2.05) is 13.8 Å². The Balaban J connectivity index is 2.56. The number of likely N-dealkylation sites (N-methyl/N-ethyl adjacent to an activating group) is 2. The van der Waals surface area contributed by atoms with Crippen molar-refractivity contribution >= 4 is 45.0 Å². The molecule has 5 nitrogen and oxygen atoms in total. The molecule has 21 heavy (non-hydrogen) atoms. The van der Waals surface area contributed by atoms with E-state index in [1.165, 1.54) is 0 Å². The van der Waals surface area contributed by atoms with Crippen molar-refractivity contribution < 1.29 is 9.59 Å². The van der Waals surface area contributed by atoms with Gasteiger partial charge in [-0.1, -0.05) is 34.5 Å². The molecule has 0 aliphatic rings. The van der Waals surface area contributed by atoms with Gasteiger partial charge in [0.25, 0.3) is 0 Å². The van der Waals surface area contributed by atoms with Crippen LogP contribution in [0.15, 0.2) is 22.7 Å². The summed E-state index contributed by atoms with van der Waals surface area (Å²) in [7, 11) is 0. The summed E-state index contributed by atoms with van der Waals surface area (Å²) in [4.78, 5) is 25.3. The van der Waals surface area contributed by atoms with Crippen molar-refractivity contribution in [3.63, 3.8) is 0 Å². The first-order valence-electron chi connectivity index (χ1n) is 6.70. The molecule has 2 amide bonds. The van der Waals surface area contributed by atoms with Crippen LogP contribution in [0, 0.1) is 0 Å². The third-order valence-electron chi connectivity index (χ3n) is 2.76. The largest absolute Gasteiger partial charge is 0.355 e. The van der Waals surface area contributed by atoms with Crippen molar-refractivity contribution in [2.45, 2.75) is 13.8 Å². The zero-order valence-corrected chi connectivity index (χ0v) is 14.4. The van der Waals surface area contributed by atoms with Crippen LogP contribution in [0.4, 0.5) is 5.69 Å². The molecule has 0 radical (unpaired) electrons. The number of amides is 2. The lowest BCUT2D eigenvalue weighted by atomic mass is 10.3. The molecule has 0 spiro atoms. The molecule has 1 rings (SSSR count). The minimum Gasteiger partial charge on any atom is -0.355 e. The van der Waals surface area contributed by atoms with Crippen molar-refractivity contribution in [2.75, 3.05) is 31.5 Å². The van der Waals surface area contributed by atoms with Crippen LogP contribution in [0.25, 0.3) is 0 Å². The third-order valence-corrected chi connectivity index (χ3v) is 3.57. The molecule has 0 aromatic heterocycles. The minimum absolute atomic E-state index is 0.0891. The Kier molecular flexibility index (Phi) is 7.71. The molecule has 0 atom stereocenters. The molecule has 0 unspecified atom stereocenters. The van der Waals surface area contributed by atoms with Gasteiger partial charge < -0.3 is 10.6 Å². The second-order valence-corrected chi connectivity index (χ2v) is 5.75. The first kappa shape index (κ1) is 17.9. The van der Waals surface area contributed by atoms with Gasteiger partial charge in [-0.15, -0.1) is 0 Å². The van der Waals surface area contributed by atoms with Gasteiger partial charge in [-0.3, -0.25) is 14.5 Å². The standard InChI is InChI=1S/C14H19BrClN3O2/c1-3-17-13(20)8-19(4-2)9-14(21)18-12-6-5-10(15)7-11(12)16/h5-7H,3-4,8-9H2,1-2H3,(H,17,20)(H,18,21). The number of nitrogens with zero attached hydrogens (tertiary/aromatic N) is 1. The van der Waals surface area contributed by atoms with Crippen LogP contribution in [0.1, 0.15) is 13.8 Å². The number of carbonyl (C=O) groups is 2. The fourth-order valence-electron chi connectivity index (χ4n) is 1.72. The monoisotopic (exact) mass is 375 g/mol. The van der Waals surface area contributed by atoms with E-state index in [4.69, 9.17) is 11.6 Å². The molecule has 0 heterocycles. The summed E-state index contributed by atoms with van der Waals surface area (Å²) in [5, 5.41) is 5.91. The molecular weight excluding hydrogens is 358 g/mol. The summed E-state index contributed by atoms with van der Waals surface area (Å²) in [6, 6.07) is 5.24. The molecule has 2 N–H and O–H groups in total. The summed E-state index contributed by atoms with van der Waals surface area (Å²) in [5.74, 6) is -0.292. The molecule has 0 aliphatic heterocycles. The van der Waals surface area contributed by atoms with Crippen LogP contribution in [0.2, 0.25) is 5.02 Å². The summed E-state index contributed by atoms with van der Waals surface area (Å²) in [6.07, 6.45) is 0. The minimum atomic E-state index is -0.203. The Hall–Kier alpha value is -1.11.